The number of sulfone groups is 1. The second-order valence-corrected chi connectivity index (χ2v) is 8.71. The average molecular weight is 320 g/mol. The molecule has 0 aliphatic rings. The van der Waals surface area contributed by atoms with Crippen LogP contribution in [0.3, 0.4) is 0 Å². The molecule has 0 N–H and O–H groups in total. The molecule has 5 nitrogen and oxygen atoms in total. The lowest BCUT2D eigenvalue weighted by Gasteiger charge is -2.24. The maximum Gasteiger partial charge on any atom is 0.149 e. The van der Waals surface area contributed by atoms with Crippen molar-refractivity contribution in [3.05, 3.63) is 16.5 Å². The van der Waals surface area contributed by atoms with Gasteiger partial charge < -0.3 is 4.90 Å². The molecule has 20 heavy (non-hydrogen) atoms. The van der Waals surface area contributed by atoms with Gasteiger partial charge in [-0.3, -0.25) is 0 Å². The van der Waals surface area contributed by atoms with Gasteiger partial charge in [-0.15, -0.1) is 0 Å². The van der Waals surface area contributed by atoms with Crippen LogP contribution in [-0.2, 0) is 15.3 Å². The first-order valence-electron chi connectivity index (χ1n) is 6.35. The SMILES string of the molecule is Cc1c(Cl)nc(C(C)(C)C)nc1N(C)CCS(C)(=O)=O. The minimum Gasteiger partial charge on any atom is -0.358 e. The van der Waals surface area contributed by atoms with Crippen molar-refractivity contribution in [2.75, 3.05) is 30.5 Å². The summed E-state index contributed by atoms with van der Waals surface area (Å²) in [5.74, 6) is 1.41. The van der Waals surface area contributed by atoms with Crippen molar-refractivity contribution in [2.45, 2.75) is 33.1 Å². The van der Waals surface area contributed by atoms with Crippen LogP contribution in [-0.4, -0.2) is 44.0 Å². The molecule has 1 heterocycles. The fourth-order valence-corrected chi connectivity index (χ4v) is 2.36. The monoisotopic (exact) mass is 319 g/mol. The number of halogens is 1. The zero-order chi connectivity index (χ0) is 15.7. The second kappa shape index (κ2) is 5.85. The normalized spacial score (nSPS) is 12.6. The van der Waals surface area contributed by atoms with Crippen molar-refractivity contribution in [1.29, 1.82) is 0 Å². The van der Waals surface area contributed by atoms with Gasteiger partial charge in [0, 0.05) is 30.8 Å². The van der Waals surface area contributed by atoms with Crippen LogP contribution in [0.5, 0.6) is 0 Å². The zero-order valence-electron chi connectivity index (χ0n) is 12.9. The largest absolute Gasteiger partial charge is 0.358 e. The molecule has 0 unspecified atom stereocenters. The summed E-state index contributed by atoms with van der Waals surface area (Å²) < 4.78 is 22.5. The van der Waals surface area contributed by atoms with E-state index in [2.05, 4.69) is 9.97 Å². The number of rotatable bonds is 4. The molecular weight excluding hydrogens is 298 g/mol. The Kier molecular flexibility index (Phi) is 5.03. The molecule has 0 aliphatic carbocycles. The van der Waals surface area contributed by atoms with Crippen LogP contribution < -0.4 is 4.90 Å². The summed E-state index contributed by atoms with van der Waals surface area (Å²) in [5.41, 5.74) is 0.541. The molecule has 0 aromatic carbocycles. The molecule has 0 amide bonds. The smallest absolute Gasteiger partial charge is 0.149 e. The highest BCUT2D eigenvalue weighted by atomic mass is 35.5. The van der Waals surface area contributed by atoms with Gasteiger partial charge in [-0.1, -0.05) is 32.4 Å². The Morgan fingerprint density at radius 1 is 1.25 bits per heavy atom. The van der Waals surface area contributed by atoms with Crippen molar-refractivity contribution in [1.82, 2.24) is 9.97 Å². The van der Waals surface area contributed by atoms with Crippen molar-refractivity contribution in [3.8, 4) is 0 Å². The predicted octanol–water partition coefficient (Wildman–Crippen LogP) is 2.22. The van der Waals surface area contributed by atoms with E-state index in [-0.39, 0.29) is 11.2 Å². The first kappa shape index (κ1) is 17.2. The Balaban J connectivity index is 3.13. The molecule has 0 saturated carbocycles. The molecule has 0 saturated heterocycles. The van der Waals surface area contributed by atoms with Gasteiger partial charge in [-0.25, -0.2) is 18.4 Å². The number of aromatic nitrogens is 2. The highest BCUT2D eigenvalue weighted by Crippen LogP contribution is 2.27. The molecule has 0 fully saturated rings. The summed E-state index contributed by atoms with van der Waals surface area (Å²) >= 11 is 6.16. The first-order valence-corrected chi connectivity index (χ1v) is 8.79. The fraction of sp³-hybridized carbons (Fsp3) is 0.692. The first-order chi connectivity index (χ1) is 8.92. The van der Waals surface area contributed by atoms with Crippen LogP contribution >= 0.6 is 11.6 Å². The van der Waals surface area contributed by atoms with E-state index >= 15 is 0 Å². The summed E-state index contributed by atoms with van der Waals surface area (Å²) in [6.45, 7) is 8.23. The van der Waals surface area contributed by atoms with Gasteiger partial charge in [0.1, 0.15) is 26.6 Å². The van der Waals surface area contributed by atoms with Gasteiger partial charge in [0.05, 0.1) is 5.75 Å². The number of anilines is 1. The predicted molar refractivity (Wildman–Crippen MR) is 83.5 cm³/mol. The standard InChI is InChI=1S/C13H22ClN3O2S/c1-9-10(14)15-12(13(2,3)4)16-11(9)17(5)7-8-20(6,18)19/h7-8H2,1-6H3. The molecule has 7 heteroatoms. The van der Waals surface area contributed by atoms with Crippen LogP contribution in [0.1, 0.15) is 32.2 Å². The minimum atomic E-state index is -3.01. The van der Waals surface area contributed by atoms with Crippen LogP contribution in [0.2, 0.25) is 5.15 Å². The molecule has 0 radical (unpaired) electrons. The number of hydrogen-bond acceptors (Lipinski definition) is 5. The summed E-state index contributed by atoms with van der Waals surface area (Å²) in [5, 5.41) is 0.408. The number of hydrogen-bond donors (Lipinski definition) is 0. The molecule has 114 valence electrons. The zero-order valence-corrected chi connectivity index (χ0v) is 14.4. The molecule has 0 aliphatic heterocycles. The maximum atomic E-state index is 11.3. The van der Waals surface area contributed by atoms with Gasteiger partial charge in [0.2, 0.25) is 0 Å². The summed E-state index contributed by atoms with van der Waals surface area (Å²) in [4.78, 5) is 10.7. The van der Waals surface area contributed by atoms with E-state index < -0.39 is 9.84 Å². The molecule has 0 atom stereocenters. The summed E-state index contributed by atoms with van der Waals surface area (Å²) in [6.07, 6.45) is 1.22. The third kappa shape index (κ3) is 4.59. The highest BCUT2D eigenvalue weighted by Gasteiger charge is 2.22. The van der Waals surface area contributed by atoms with E-state index in [1.54, 1.807) is 4.90 Å². The molecule has 1 aromatic rings. The van der Waals surface area contributed by atoms with Crippen molar-refractivity contribution < 1.29 is 8.42 Å². The second-order valence-electron chi connectivity index (χ2n) is 6.09. The molecule has 1 rings (SSSR count). The topological polar surface area (TPSA) is 63.2 Å². The molecule has 0 spiro atoms. The van der Waals surface area contributed by atoms with E-state index in [0.717, 1.165) is 5.56 Å². The van der Waals surface area contributed by atoms with E-state index in [0.29, 0.717) is 23.3 Å². The number of nitrogens with zero attached hydrogens (tertiary/aromatic N) is 3. The molecule has 1 aromatic heterocycles. The Bertz CT molecular complexity index is 594. The third-order valence-corrected chi connectivity index (χ3v) is 4.18. The van der Waals surface area contributed by atoms with E-state index in [9.17, 15) is 8.42 Å². The molecular formula is C13H22ClN3O2S. The van der Waals surface area contributed by atoms with Gasteiger partial charge in [0.15, 0.2) is 0 Å². The van der Waals surface area contributed by atoms with Crippen LogP contribution in [0.4, 0.5) is 5.82 Å². The summed E-state index contributed by atoms with van der Waals surface area (Å²) in [6, 6.07) is 0. The molecule has 0 bridgehead atoms. The van der Waals surface area contributed by atoms with Crippen molar-refractivity contribution in [3.63, 3.8) is 0 Å². The van der Waals surface area contributed by atoms with Crippen LogP contribution in [0.25, 0.3) is 0 Å². The minimum absolute atomic E-state index is 0.0788. The Hall–Kier alpha value is -0.880. The van der Waals surface area contributed by atoms with Crippen molar-refractivity contribution in [2.24, 2.45) is 0 Å². The van der Waals surface area contributed by atoms with Crippen LogP contribution in [0, 0.1) is 6.92 Å². The fourth-order valence-electron chi connectivity index (χ4n) is 1.59. The van der Waals surface area contributed by atoms with Crippen LogP contribution in [0.15, 0.2) is 0 Å². The van der Waals surface area contributed by atoms with E-state index in [1.165, 1.54) is 6.26 Å². The van der Waals surface area contributed by atoms with E-state index in [4.69, 9.17) is 11.6 Å². The Morgan fingerprint density at radius 2 is 1.80 bits per heavy atom. The lowest BCUT2D eigenvalue weighted by molar-refractivity contribution is 0.544. The Labute approximate surface area is 126 Å². The van der Waals surface area contributed by atoms with Gasteiger partial charge in [-0.2, -0.15) is 0 Å². The maximum absolute atomic E-state index is 11.3. The van der Waals surface area contributed by atoms with Gasteiger partial charge >= 0.3 is 0 Å². The lowest BCUT2D eigenvalue weighted by Crippen LogP contribution is -2.28. The third-order valence-electron chi connectivity index (χ3n) is 2.89. The summed E-state index contributed by atoms with van der Waals surface area (Å²) in [7, 11) is -1.20. The van der Waals surface area contributed by atoms with Gasteiger partial charge in [0.25, 0.3) is 0 Å². The van der Waals surface area contributed by atoms with Gasteiger partial charge in [-0.05, 0) is 6.92 Å². The van der Waals surface area contributed by atoms with Crippen molar-refractivity contribution >= 4 is 27.3 Å². The quantitative estimate of drug-likeness (QED) is 0.796. The lowest BCUT2D eigenvalue weighted by atomic mass is 9.95. The average Bonchev–Trinajstić information content (AvgIpc) is 2.27. The van der Waals surface area contributed by atoms with E-state index in [1.807, 2.05) is 34.7 Å². The highest BCUT2D eigenvalue weighted by molar-refractivity contribution is 7.90. The Morgan fingerprint density at radius 3 is 2.25 bits per heavy atom.